The van der Waals surface area contributed by atoms with Gasteiger partial charge >= 0.3 is 0 Å². The summed E-state index contributed by atoms with van der Waals surface area (Å²) in [6.07, 6.45) is 2.69. The summed E-state index contributed by atoms with van der Waals surface area (Å²) >= 11 is 6.05. The number of hydrogen-bond donors (Lipinski definition) is 1. The minimum atomic E-state index is -0.299. The fourth-order valence-corrected chi connectivity index (χ4v) is 3.80. The van der Waals surface area contributed by atoms with E-state index < -0.39 is 0 Å². The predicted molar refractivity (Wildman–Crippen MR) is 112 cm³/mol. The van der Waals surface area contributed by atoms with E-state index in [9.17, 15) is 14.0 Å². The highest BCUT2D eigenvalue weighted by atomic mass is 35.5. The zero-order chi connectivity index (χ0) is 20.8. The van der Waals surface area contributed by atoms with E-state index in [4.69, 9.17) is 11.6 Å². The van der Waals surface area contributed by atoms with Gasteiger partial charge in [0.1, 0.15) is 5.82 Å². The second-order valence-electron chi connectivity index (χ2n) is 7.38. The number of carbonyl (C=O) groups excluding carboxylic acids is 2. The summed E-state index contributed by atoms with van der Waals surface area (Å²) in [6, 6.07) is 13.8. The van der Waals surface area contributed by atoms with Crippen molar-refractivity contribution < 1.29 is 14.0 Å². The van der Waals surface area contributed by atoms with E-state index in [1.807, 2.05) is 6.07 Å². The maximum atomic E-state index is 13.4. The molecule has 0 aromatic heterocycles. The molecule has 2 aromatic carbocycles. The molecule has 1 fully saturated rings. The molecule has 1 heterocycles. The zero-order valence-corrected chi connectivity index (χ0v) is 17.2. The molecule has 0 bridgehead atoms. The summed E-state index contributed by atoms with van der Waals surface area (Å²) in [5, 5.41) is 3.17. The fourth-order valence-electron chi connectivity index (χ4n) is 3.62. The van der Waals surface area contributed by atoms with Crippen LogP contribution in [0.1, 0.15) is 18.4 Å². The molecule has 5 nitrogen and oxygen atoms in total. The molecule has 154 valence electrons. The minimum Gasteiger partial charge on any atom is -0.335 e. The number of likely N-dealkylation sites (N-methyl/N-ethyl adjacent to an activating group) is 1. The number of halogens is 2. The lowest BCUT2D eigenvalue weighted by molar-refractivity contribution is -0.134. The van der Waals surface area contributed by atoms with Crippen molar-refractivity contribution in [2.75, 3.05) is 32.0 Å². The van der Waals surface area contributed by atoms with Crippen LogP contribution in [-0.2, 0) is 16.0 Å². The van der Waals surface area contributed by atoms with Crippen LogP contribution in [0.5, 0.6) is 0 Å². The summed E-state index contributed by atoms with van der Waals surface area (Å²) in [4.78, 5) is 28.4. The Kier molecular flexibility index (Phi) is 7.23. The molecule has 0 aliphatic carbocycles. The molecule has 1 unspecified atom stereocenters. The lowest BCUT2D eigenvalue weighted by Gasteiger charge is -2.26. The number of hydrogen-bond acceptors (Lipinski definition) is 3. The molecular weight excluding hydrogens is 393 g/mol. The van der Waals surface area contributed by atoms with Crippen LogP contribution in [0.25, 0.3) is 0 Å². The van der Waals surface area contributed by atoms with Gasteiger partial charge in [0.05, 0.1) is 23.8 Å². The van der Waals surface area contributed by atoms with Crippen molar-refractivity contribution in [3.8, 4) is 0 Å². The Hall–Kier alpha value is -2.44. The number of nitrogens with zero attached hydrogens (tertiary/aromatic N) is 2. The first kappa shape index (κ1) is 21.3. The second kappa shape index (κ2) is 9.85. The van der Waals surface area contributed by atoms with Gasteiger partial charge in [0.25, 0.3) is 0 Å². The van der Waals surface area contributed by atoms with Crippen LogP contribution in [0.2, 0.25) is 5.02 Å². The van der Waals surface area contributed by atoms with Crippen molar-refractivity contribution >= 4 is 29.1 Å². The lowest BCUT2D eigenvalue weighted by atomic mass is 10.0. The van der Waals surface area contributed by atoms with E-state index in [1.54, 1.807) is 43.4 Å². The first-order valence-corrected chi connectivity index (χ1v) is 10.1. The van der Waals surface area contributed by atoms with Crippen molar-refractivity contribution in [3.05, 3.63) is 64.9 Å². The number of likely N-dealkylation sites (tertiary alicyclic amines) is 1. The quantitative estimate of drug-likeness (QED) is 0.749. The van der Waals surface area contributed by atoms with Crippen molar-refractivity contribution in [2.24, 2.45) is 0 Å². The van der Waals surface area contributed by atoms with Gasteiger partial charge in [-0.05, 0) is 55.6 Å². The fraction of sp³-hybridized carbons (Fsp3) is 0.364. The van der Waals surface area contributed by atoms with E-state index in [1.165, 1.54) is 11.0 Å². The van der Waals surface area contributed by atoms with Crippen molar-refractivity contribution in [3.63, 3.8) is 0 Å². The standard InChI is InChI=1S/C22H25ClFN3O2/c1-26(14-21(28)25-20-10-3-2-9-19(20)23)22(29)15-27-11-5-8-18(27)13-16-6-4-7-17(24)12-16/h2-4,6-7,9-10,12,18H,5,8,11,13-15H2,1H3,(H,25,28). The molecule has 2 amide bonds. The molecule has 3 rings (SSSR count). The van der Waals surface area contributed by atoms with E-state index in [0.29, 0.717) is 17.1 Å². The Morgan fingerprint density at radius 2 is 2.03 bits per heavy atom. The highest BCUT2D eigenvalue weighted by Crippen LogP contribution is 2.22. The smallest absolute Gasteiger partial charge is 0.244 e. The number of rotatable bonds is 7. The normalized spacial score (nSPS) is 16.6. The highest BCUT2D eigenvalue weighted by Gasteiger charge is 2.27. The van der Waals surface area contributed by atoms with Crippen molar-refractivity contribution in [1.82, 2.24) is 9.80 Å². The molecule has 7 heteroatoms. The number of benzene rings is 2. The predicted octanol–water partition coefficient (Wildman–Crippen LogP) is 3.58. The molecule has 1 aliphatic heterocycles. The monoisotopic (exact) mass is 417 g/mol. The molecule has 0 spiro atoms. The molecule has 2 aromatic rings. The average molecular weight is 418 g/mol. The van der Waals surface area contributed by atoms with Gasteiger partial charge < -0.3 is 10.2 Å². The highest BCUT2D eigenvalue weighted by molar-refractivity contribution is 6.33. The van der Waals surface area contributed by atoms with Gasteiger partial charge in [-0.15, -0.1) is 0 Å². The van der Waals surface area contributed by atoms with Crippen LogP contribution in [0.15, 0.2) is 48.5 Å². The summed E-state index contributed by atoms with van der Waals surface area (Å²) in [7, 11) is 1.62. The van der Waals surface area contributed by atoms with Crippen LogP contribution < -0.4 is 5.32 Å². The molecule has 1 saturated heterocycles. The van der Waals surface area contributed by atoms with Crippen LogP contribution >= 0.6 is 11.6 Å². The molecule has 0 saturated carbocycles. The summed E-state index contributed by atoms with van der Waals surface area (Å²) < 4.78 is 13.4. The molecule has 1 atom stereocenters. The minimum absolute atomic E-state index is 0.0491. The first-order valence-electron chi connectivity index (χ1n) is 9.69. The van der Waals surface area contributed by atoms with Gasteiger partial charge in [0.15, 0.2) is 0 Å². The summed E-state index contributed by atoms with van der Waals surface area (Å²) in [6.45, 7) is 1.02. The number of amides is 2. The number of carbonyl (C=O) groups is 2. The Bertz CT molecular complexity index is 877. The number of para-hydroxylation sites is 1. The molecular formula is C22H25ClFN3O2. The third kappa shape index (κ3) is 6.02. The lowest BCUT2D eigenvalue weighted by Crippen LogP contribution is -2.43. The van der Waals surface area contributed by atoms with Gasteiger partial charge in [-0.2, -0.15) is 0 Å². The Balaban J connectivity index is 1.51. The molecule has 0 radical (unpaired) electrons. The SMILES string of the molecule is CN(CC(=O)Nc1ccccc1Cl)C(=O)CN1CCCC1Cc1cccc(F)c1. The molecule has 29 heavy (non-hydrogen) atoms. The largest absolute Gasteiger partial charge is 0.335 e. The Morgan fingerprint density at radius 1 is 1.24 bits per heavy atom. The first-order chi connectivity index (χ1) is 13.9. The summed E-state index contributed by atoms with van der Waals surface area (Å²) in [5.41, 5.74) is 1.46. The van der Waals surface area contributed by atoms with Crippen molar-refractivity contribution in [2.45, 2.75) is 25.3 Å². The van der Waals surface area contributed by atoms with E-state index in [2.05, 4.69) is 10.2 Å². The third-order valence-electron chi connectivity index (χ3n) is 5.15. The van der Waals surface area contributed by atoms with E-state index in [-0.39, 0.29) is 36.8 Å². The third-order valence-corrected chi connectivity index (χ3v) is 5.48. The second-order valence-corrected chi connectivity index (χ2v) is 7.79. The Labute approximate surface area is 175 Å². The van der Waals surface area contributed by atoms with Gasteiger partial charge in [0.2, 0.25) is 11.8 Å². The van der Waals surface area contributed by atoms with Crippen LogP contribution in [0, 0.1) is 5.82 Å². The number of anilines is 1. The van der Waals surface area contributed by atoms with Gasteiger partial charge in [-0.3, -0.25) is 14.5 Å². The van der Waals surface area contributed by atoms with Crippen molar-refractivity contribution in [1.29, 1.82) is 0 Å². The van der Waals surface area contributed by atoms with Crippen LogP contribution in [0.4, 0.5) is 10.1 Å². The van der Waals surface area contributed by atoms with E-state index in [0.717, 1.165) is 24.9 Å². The van der Waals surface area contributed by atoms with E-state index >= 15 is 0 Å². The average Bonchev–Trinajstić information content (AvgIpc) is 3.10. The van der Waals surface area contributed by atoms with Gasteiger partial charge in [0, 0.05) is 13.1 Å². The molecule has 1 aliphatic rings. The molecule has 1 N–H and O–H groups in total. The van der Waals surface area contributed by atoms with Crippen LogP contribution in [-0.4, -0.2) is 54.3 Å². The topological polar surface area (TPSA) is 52.7 Å². The Morgan fingerprint density at radius 3 is 2.79 bits per heavy atom. The van der Waals surface area contributed by atoms with Gasteiger partial charge in [-0.25, -0.2) is 4.39 Å². The van der Waals surface area contributed by atoms with Gasteiger partial charge in [-0.1, -0.05) is 35.9 Å². The summed E-state index contributed by atoms with van der Waals surface area (Å²) in [5.74, 6) is -0.662. The number of nitrogens with one attached hydrogen (secondary N) is 1. The maximum Gasteiger partial charge on any atom is 0.244 e. The zero-order valence-electron chi connectivity index (χ0n) is 16.4. The van der Waals surface area contributed by atoms with Crippen LogP contribution in [0.3, 0.4) is 0 Å². The maximum absolute atomic E-state index is 13.4.